The molecule has 0 aromatic rings. The van der Waals surface area contributed by atoms with Crippen molar-refractivity contribution in [2.24, 2.45) is 5.92 Å². The van der Waals surface area contributed by atoms with Crippen molar-refractivity contribution < 1.29 is 14.3 Å². The Morgan fingerprint density at radius 3 is 2.94 bits per heavy atom. The molecule has 4 nitrogen and oxygen atoms in total. The fourth-order valence-corrected chi connectivity index (χ4v) is 2.57. The van der Waals surface area contributed by atoms with Crippen molar-refractivity contribution in [2.75, 3.05) is 7.11 Å². The first kappa shape index (κ1) is 11.2. The predicted molar refractivity (Wildman–Crippen MR) is 58.6 cm³/mol. The van der Waals surface area contributed by atoms with Crippen LogP contribution in [-0.4, -0.2) is 24.9 Å². The van der Waals surface area contributed by atoms with Crippen LogP contribution in [0.3, 0.4) is 0 Å². The van der Waals surface area contributed by atoms with Crippen LogP contribution < -0.4 is 5.32 Å². The molecule has 0 amide bonds. The highest BCUT2D eigenvalue weighted by Gasteiger charge is 2.33. The third-order valence-corrected chi connectivity index (χ3v) is 3.46. The monoisotopic (exact) mass is 223 g/mol. The van der Waals surface area contributed by atoms with E-state index in [1.54, 1.807) is 0 Å². The molecule has 0 aromatic carbocycles. The number of fused-ring (bicyclic) bond motifs is 1. The Hall–Kier alpha value is -1.32. The van der Waals surface area contributed by atoms with Gasteiger partial charge in [-0.05, 0) is 18.8 Å². The van der Waals surface area contributed by atoms with Gasteiger partial charge in [0.1, 0.15) is 0 Å². The van der Waals surface area contributed by atoms with Gasteiger partial charge in [-0.3, -0.25) is 4.79 Å². The Morgan fingerprint density at radius 2 is 2.19 bits per heavy atom. The molecule has 2 atom stereocenters. The van der Waals surface area contributed by atoms with Crippen LogP contribution >= 0.6 is 0 Å². The third-order valence-electron chi connectivity index (χ3n) is 3.46. The summed E-state index contributed by atoms with van der Waals surface area (Å²) in [5.41, 5.74) is 0.426. The molecule has 88 valence electrons. The summed E-state index contributed by atoms with van der Waals surface area (Å²) in [4.78, 5) is 22.9. The second-order valence-electron chi connectivity index (χ2n) is 4.50. The van der Waals surface area contributed by atoms with Gasteiger partial charge in [-0.2, -0.15) is 0 Å². The minimum Gasteiger partial charge on any atom is -0.466 e. The summed E-state index contributed by atoms with van der Waals surface area (Å²) in [5.74, 6) is 0.0229. The number of carbonyl (C=O) groups is 2. The Kier molecular flexibility index (Phi) is 3.27. The molecule has 16 heavy (non-hydrogen) atoms. The minimum absolute atomic E-state index is 0.0357. The molecule has 0 spiro atoms. The van der Waals surface area contributed by atoms with Crippen LogP contribution in [0.25, 0.3) is 0 Å². The van der Waals surface area contributed by atoms with E-state index >= 15 is 0 Å². The number of ether oxygens (including phenoxy) is 1. The molecule has 1 aliphatic carbocycles. The maximum Gasteiger partial charge on any atom is 0.332 e. The van der Waals surface area contributed by atoms with Gasteiger partial charge in [-0.15, -0.1) is 0 Å². The Morgan fingerprint density at radius 1 is 1.44 bits per heavy atom. The SMILES string of the molecule is COC(=O)/C=C1\N[C@H]2CCCC[C@@H]2CC1=O. The zero-order chi connectivity index (χ0) is 11.5. The molecule has 2 fully saturated rings. The van der Waals surface area contributed by atoms with Crippen LogP contribution in [0.5, 0.6) is 0 Å². The van der Waals surface area contributed by atoms with Gasteiger partial charge in [0.05, 0.1) is 18.9 Å². The van der Waals surface area contributed by atoms with Gasteiger partial charge in [-0.1, -0.05) is 12.8 Å². The minimum atomic E-state index is -0.467. The second-order valence-corrected chi connectivity index (χ2v) is 4.50. The molecule has 0 unspecified atom stereocenters. The lowest BCUT2D eigenvalue weighted by Crippen LogP contribution is -2.45. The van der Waals surface area contributed by atoms with E-state index in [1.807, 2.05) is 0 Å². The zero-order valence-corrected chi connectivity index (χ0v) is 9.49. The van der Waals surface area contributed by atoms with Crippen LogP contribution in [0.15, 0.2) is 11.8 Å². The number of rotatable bonds is 1. The fourth-order valence-electron chi connectivity index (χ4n) is 2.57. The lowest BCUT2D eigenvalue weighted by atomic mass is 9.78. The molecule has 0 radical (unpaired) electrons. The van der Waals surface area contributed by atoms with Crippen molar-refractivity contribution in [3.63, 3.8) is 0 Å². The van der Waals surface area contributed by atoms with Crippen LogP contribution in [0.4, 0.5) is 0 Å². The molecule has 1 aliphatic heterocycles. The van der Waals surface area contributed by atoms with Crippen molar-refractivity contribution in [1.29, 1.82) is 0 Å². The van der Waals surface area contributed by atoms with Crippen LogP contribution in [0.2, 0.25) is 0 Å². The first-order valence-electron chi connectivity index (χ1n) is 5.80. The molecule has 4 heteroatoms. The Bertz CT molecular complexity index is 335. The summed E-state index contributed by atoms with van der Waals surface area (Å²) >= 11 is 0. The van der Waals surface area contributed by atoms with E-state index in [1.165, 1.54) is 26.0 Å². The summed E-state index contributed by atoms with van der Waals surface area (Å²) in [5, 5.41) is 3.18. The van der Waals surface area contributed by atoms with Gasteiger partial charge >= 0.3 is 5.97 Å². The molecule has 1 saturated carbocycles. The molecule has 0 bridgehead atoms. The number of Topliss-reactive ketones (excluding diaryl/α,β-unsaturated/α-hetero) is 1. The van der Waals surface area contributed by atoms with Gasteiger partial charge < -0.3 is 10.1 Å². The van der Waals surface area contributed by atoms with Crippen LogP contribution in [0, 0.1) is 5.92 Å². The summed E-state index contributed by atoms with van der Waals surface area (Å²) in [7, 11) is 1.32. The van der Waals surface area contributed by atoms with Gasteiger partial charge in [0.25, 0.3) is 0 Å². The number of hydrogen-bond donors (Lipinski definition) is 1. The van der Waals surface area contributed by atoms with Gasteiger partial charge in [0.2, 0.25) is 0 Å². The molecule has 2 aliphatic rings. The van der Waals surface area contributed by atoms with Crippen molar-refractivity contribution in [2.45, 2.75) is 38.1 Å². The maximum atomic E-state index is 11.8. The van der Waals surface area contributed by atoms with E-state index in [0.717, 1.165) is 12.8 Å². The molecular weight excluding hydrogens is 206 g/mol. The van der Waals surface area contributed by atoms with Crippen LogP contribution in [-0.2, 0) is 14.3 Å². The van der Waals surface area contributed by atoms with Gasteiger partial charge in [0, 0.05) is 12.5 Å². The Labute approximate surface area is 95.0 Å². The lowest BCUT2D eigenvalue weighted by molar-refractivity contribution is -0.135. The number of carbonyl (C=O) groups excluding carboxylic acids is 2. The number of ketones is 1. The van der Waals surface area contributed by atoms with Gasteiger partial charge in [-0.25, -0.2) is 4.79 Å². The zero-order valence-electron chi connectivity index (χ0n) is 9.49. The molecule has 1 heterocycles. The molecule has 1 saturated heterocycles. The molecular formula is C12H17NO3. The van der Waals surface area contributed by atoms with Crippen molar-refractivity contribution >= 4 is 11.8 Å². The van der Waals surface area contributed by atoms with Crippen LogP contribution in [0.1, 0.15) is 32.1 Å². The van der Waals surface area contributed by atoms with E-state index in [0.29, 0.717) is 24.1 Å². The largest absolute Gasteiger partial charge is 0.466 e. The average molecular weight is 223 g/mol. The summed E-state index contributed by atoms with van der Waals surface area (Å²) < 4.78 is 4.53. The molecule has 2 rings (SSSR count). The lowest BCUT2D eigenvalue weighted by Gasteiger charge is -2.37. The smallest absolute Gasteiger partial charge is 0.332 e. The number of allylic oxidation sites excluding steroid dienone is 1. The number of methoxy groups -OCH3 is 1. The summed E-state index contributed by atoms with van der Waals surface area (Å²) in [6, 6.07) is 0.363. The highest BCUT2D eigenvalue weighted by molar-refractivity contribution is 6.01. The highest BCUT2D eigenvalue weighted by Crippen LogP contribution is 2.31. The normalized spacial score (nSPS) is 31.8. The van der Waals surface area contributed by atoms with E-state index in [-0.39, 0.29) is 5.78 Å². The van der Waals surface area contributed by atoms with E-state index in [4.69, 9.17) is 0 Å². The molecule has 0 aromatic heterocycles. The standard InChI is InChI=1S/C12H17NO3/c1-16-12(15)7-10-11(14)6-8-4-2-3-5-9(8)13-10/h7-9,13H,2-6H2,1H3/b10-7-/t8-,9+/m1/s1. The average Bonchev–Trinajstić information content (AvgIpc) is 2.30. The van der Waals surface area contributed by atoms with Crippen molar-refractivity contribution in [3.05, 3.63) is 11.8 Å². The first-order chi connectivity index (χ1) is 7.70. The fraction of sp³-hybridized carbons (Fsp3) is 0.667. The van der Waals surface area contributed by atoms with E-state index < -0.39 is 5.97 Å². The maximum absolute atomic E-state index is 11.8. The van der Waals surface area contributed by atoms with Gasteiger partial charge in [0.15, 0.2) is 5.78 Å². The quantitative estimate of drug-likeness (QED) is 0.535. The summed E-state index contributed by atoms with van der Waals surface area (Å²) in [6.45, 7) is 0. The predicted octanol–water partition coefficient (Wildman–Crippen LogP) is 1.16. The van der Waals surface area contributed by atoms with E-state index in [2.05, 4.69) is 10.1 Å². The van der Waals surface area contributed by atoms with E-state index in [9.17, 15) is 9.59 Å². The summed E-state index contributed by atoms with van der Waals surface area (Å²) in [6.07, 6.45) is 6.47. The van der Waals surface area contributed by atoms with Crippen molar-refractivity contribution in [1.82, 2.24) is 5.32 Å². The third kappa shape index (κ3) is 2.26. The number of hydrogen-bond acceptors (Lipinski definition) is 4. The Balaban J connectivity index is 2.08. The second kappa shape index (κ2) is 4.68. The molecule has 1 N–H and O–H groups in total. The number of esters is 1. The van der Waals surface area contributed by atoms with Crippen molar-refractivity contribution in [3.8, 4) is 0 Å². The first-order valence-corrected chi connectivity index (χ1v) is 5.80. The number of piperidine rings is 1. The highest BCUT2D eigenvalue weighted by atomic mass is 16.5. The number of nitrogens with one attached hydrogen (secondary N) is 1. The topological polar surface area (TPSA) is 55.4 Å².